The third-order valence-electron chi connectivity index (χ3n) is 2.73. The summed E-state index contributed by atoms with van der Waals surface area (Å²) in [7, 11) is 0. The van der Waals surface area contributed by atoms with Gasteiger partial charge in [0.25, 0.3) is 0 Å². The van der Waals surface area contributed by atoms with Crippen LogP contribution < -0.4 is 5.73 Å². The Morgan fingerprint density at radius 1 is 0.742 bits per heavy atom. The summed E-state index contributed by atoms with van der Waals surface area (Å²) < 4.78 is 80.2. The fraction of sp³-hybridized carbons (Fsp3) is 0.895. The van der Waals surface area contributed by atoms with Crippen LogP contribution in [0.4, 0.5) is 35.9 Å². The first-order chi connectivity index (χ1) is 13.2. The maximum absolute atomic E-state index is 12.2. The Kier molecular flexibility index (Phi) is 14.9. The molecule has 0 saturated heterocycles. The highest BCUT2D eigenvalue weighted by Gasteiger charge is 2.33. The Labute approximate surface area is 180 Å². The lowest BCUT2D eigenvalue weighted by molar-refractivity contribution is -0.136. The van der Waals surface area contributed by atoms with Crippen LogP contribution in [-0.4, -0.2) is 53.7 Å². The minimum absolute atomic E-state index is 0. The second-order valence-corrected chi connectivity index (χ2v) is 8.34. The monoisotopic (exact) mass is 470 g/mol. The lowest BCUT2D eigenvalue weighted by Crippen LogP contribution is -2.44. The normalized spacial score (nSPS) is 12.2. The van der Waals surface area contributed by atoms with Crippen LogP contribution in [-0.2, 0) is 9.47 Å². The summed E-state index contributed by atoms with van der Waals surface area (Å²) in [5, 5.41) is 0. The molecule has 0 saturated carbocycles. The van der Waals surface area contributed by atoms with E-state index in [1.807, 2.05) is 0 Å². The summed E-state index contributed by atoms with van der Waals surface area (Å²) in [6.45, 7) is 9.23. The van der Waals surface area contributed by atoms with Crippen molar-refractivity contribution in [3.05, 3.63) is 0 Å². The van der Waals surface area contributed by atoms with E-state index in [4.69, 9.17) is 15.2 Å². The number of amides is 2. The number of imide groups is 1. The van der Waals surface area contributed by atoms with E-state index in [2.05, 4.69) is 0 Å². The van der Waals surface area contributed by atoms with Crippen molar-refractivity contribution in [2.45, 2.75) is 98.2 Å². The molecule has 0 aromatic carbocycles. The number of ether oxygens (including phenoxy) is 2. The quantitative estimate of drug-likeness (QED) is 0.469. The van der Waals surface area contributed by atoms with Gasteiger partial charge < -0.3 is 15.2 Å². The molecule has 6 nitrogen and oxygen atoms in total. The zero-order valence-electron chi connectivity index (χ0n) is 18.2. The van der Waals surface area contributed by atoms with Gasteiger partial charge in [-0.05, 0) is 60.9 Å². The van der Waals surface area contributed by atoms with E-state index < -0.39 is 61.5 Å². The summed E-state index contributed by atoms with van der Waals surface area (Å²) in [6.07, 6.45) is -12.7. The number of halogens is 6. The highest BCUT2D eigenvalue weighted by atomic mass is 19.4. The lowest BCUT2D eigenvalue weighted by Gasteiger charge is -2.28. The van der Waals surface area contributed by atoms with Crippen LogP contribution in [0.15, 0.2) is 0 Å². The van der Waals surface area contributed by atoms with Gasteiger partial charge in [0.1, 0.15) is 11.2 Å². The fourth-order valence-electron chi connectivity index (χ4n) is 1.63. The molecule has 0 radical (unpaired) electrons. The predicted octanol–water partition coefficient (Wildman–Crippen LogP) is 6.42. The smallest absolute Gasteiger partial charge is 0.419 e. The third-order valence-corrected chi connectivity index (χ3v) is 2.73. The summed E-state index contributed by atoms with van der Waals surface area (Å²) >= 11 is 0. The van der Waals surface area contributed by atoms with Gasteiger partial charge in [0.05, 0.1) is 0 Å². The predicted molar refractivity (Wildman–Crippen MR) is 106 cm³/mol. The largest absolute Gasteiger partial charge is 0.443 e. The first-order valence-corrected chi connectivity index (χ1v) is 9.24. The Balaban J connectivity index is -0.000000739. The average molecular weight is 470 g/mol. The molecule has 2 amide bonds. The van der Waals surface area contributed by atoms with Crippen molar-refractivity contribution in [2.24, 2.45) is 5.73 Å². The van der Waals surface area contributed by atoms with Crippen LogP contribution in [0, 0.1) is 0 Å². The van der Waals surface area contributed by atoms with E-state index in [9.17, 15) is 35.9 Å². The minimum atomic E-state index is -4.35. The van der Waals surface area contributed by atoms with Crippen LogP contribution in [0.1, 0.15) is 74.7 Å². The van der Waals surface area contributed by atoms with Crippen molar-refractivity contribution in [3.63, 3.8) is 0 Å². The molecule has 2 N–H and O–H groups in total. The SMILES string of the molecule is C.CC(C)(C)OC(=O)N(CCCC(F)(F)F)C(=O)OC(C)(C)C.NCCCC(F)(F)F. The van der Waals surface area contributed by atoms with Crippen molar-refractivity contribution in [1.29, 1.82) is 0 Å². The van der Waals surface area contributed by atoms with Gasteiger partial charge in [0, 0.05) is 19.4 Å². The molecular weight excluding hydrogens is 434 g/mol. The molecule has 0 aliphatic heterocycles. The van der Waals surface area contributed by atoms with Crippen LogP contribution >= 0.6 is 0 Å². The Hall–Kier alpha value is -1.72. The van der Waals surface area contributed by atoms with Crippen LogP contribution in [0.2, 0.25) is 0 Å². The maximum Gasteiger partial charge on any atom is 0.419 e. The topological polar surface area (TPSA) is 81.9 Å². The maximum atomic E-state index is 12.2. The van der Waals surface area contributed by atoms with Gasteiger partial charge in [-0.1, -0.05) is 7.43 Å². The highest BCUT2D eigenvalue weighted by molar-refractivity contribution is 5.88. The van der Waals surface area contributed by atoms with Gasteiger partial charge in [-0.3, -0.25) is 0 Å². The van der Waals surface area contributed by atoms with E-state index in [0.717, 1.165) is 0 Å². The molecular formula is C19H36F6N2O4. The number of alkyl halides is 6. The molecule has 0 atom stereocenters. The molecule has 0 fully saturated rings. The van der Waals surface area contributed by atoms with E-state index in [-0.39, 0.29) is 20.4 Å². The molecule has 0 aromatic heterocycles. The van der Waals surface area contributed by atoms with E-state index in [1.54, 1.807) is 41.5 Å². The third kappa shape index (κ3) is 24.4. The summed E-state index contributed by atoms with van der Waals surface area (Å²) in [5.41, 5.74) is 3.09. The van der Waals surface area contributed by atoms with Gasteiger partial charge in [-0.25, -0.2) is 14.5 Å². The minimum Gasteiger partial charge on any atom is -0.443 e. The molecule has 0 bridgehead atoms. The van der Waals surface area contributed by atoms with Crippen LogP contribution in [0.25, 0.3) is 0 Å². The first kappa shape index (κ1) is 33.9. The van der Waals surface area contributed by atoms with Crippen LogP contribution in [0.5, 0.6) is 0 Å². The zero-order valence-corrected chi connectivity index (χ0v) is 18.2. The molecule has 0 aliphatic rings. The van der Waals surface area contributed by atoms with Crippen molar-refractivity contribution in [2.75, 3.05) is 13.1 Å². The Bertz CT molecular complexity index is 495. The van der Waals surface area contributed by atoms with E-state index in [1.165, 1.54) is 0 Å². The number of hydrogen-bond donors (Lipinski definition) is 1. The Morgan fingerprint density at radius 3 is 1.29 bits per heavy atom. The number of nitrogens with two attached hydrogens (primary N) is 1. The van der Waals surface area contributed by atoms with Gasteiger partial charge in [-0.2, -0.15) is 26.3 Å². The van der Waals surface area contributed by atoms with Crippen LogP contribution in [0.3, 0.4) is 0 Å². The van der Waals surface area contributed by atoms with Crippen molar-refractivity contribution < 1.29 is 45.4 Å². The molecule has 0 aliphatic carbocycles. The first-order valence-electron chi connectivity index (χ1n) is 9.24. The molecule has 0 heterocycles. The molecule has 31 heavy (non-hydrogen) atoms. The summed E-state index contributed by atoms with van der Waals surface area (Å²) in [4.78, 5) is 24.5. The highest BCUT2D eigenvalue weighted by Crippen LogP contribution is 2.22. The van der Waals surface area contributed by atoms with E-state index in [0.29, 0.717) is 4.90 Å². The molecule has 12 heteroatoms. The van der Waals surface area contributed by atoms with Crippen molar-refractivity contribution in [1.82, 2.24) is 4.90 Å². The molecule has 0 rings (SSSR count). The second kappa shape index (κ2) is 13.6. The van der Waals surface area contributed by atoms with Gasteiger partial charge >= 0.3 is 24.5 Å². The molecule has 0 aromatic rings. The lowest BCUT2D eigenvalue weighted by atomic mass is 10.2. The zero-order chi connectivity index (χ0) is 24.4. The van der Waals surface area contributed by atoms with Crippen molar-refractivity contribution in [3.8, 4) is 0 Å². The number of carbonyl (C=O) groups excluding carboxylic acids is 2. The van der Waals surface area contributed by atoms with Crippen molar-refractivity contribution >= 4 is 12.2 Å². The molecule has 0 unspecified atom stereocenters. The van der Waals surface area contributed by atoms with Gasteiger partial charge in [0.15, 0.2) is 0 Å². The number of hydrogen-bond acceptors (Lipinski definition) is 5. The van der Waals surface area contributed by atoms with Gasteiger partial charge in [0.2, 0.25) is 0 Å². The Morgan fingerprint density at radius 2 is 1.06 bits per heavy atom. The summed E-state index contributed by atoms with van der Waals surface area (Å²) in [5.74, 6) is 0. The fourth-order valence-corrected chi connectivity index (χ4v) is 1.63. The number of rotatable bonds is 5. The molecule has 0 spiro atoms. The second-order valence-electron chi connectivity index (χ2n) is 8.34. The number of carbonyl (C=O) groups is 2. The number of nitrogens with zero attached hydrogens (tertiary/aromatic N) is 1. The molecule has 188 valence electrons. The standard InChI is InChI=1S/C14H24F3NO4.C4H8F3N.CH4/c1-12(2,3)21-10(19)18(9-7-8-14(15,16)17)11(20)22-13(4,5)6;5-4(6,7)2-1-3-8;/h7-9H2,1-6H3;1-3,8H2;1H4. The van der Waals surface area contributed by atoms with Gasteiger partial charge in [-0.15, -0.1) is 0 Å². The van der Waals surface area contributed by atoms with E-state index >= 15 is 0 Å². The average Bonchev–Trinajstić information content (AvgIpc) is 2.44. The summed E-state index contributed by atoms with van der Waals surface area (Å²) in [6, 6.07) is 0.